The van der Waals surface area contributed by atoms with Crippen LogP contribution in [0.5, 0.6) is 0 Å². The molecule has 0 N–H and O–H groups in total. The first-order valence-corrected chi connectivity index (χ1v) is 11.5. The summed E-state index contributed by atoms with van der Waals surface area (Å²) in [7, 11) is 0. The highest BCUT2D eigenvalue weighted by atomic mass is 32.1. The first-order chi connectivity index (χ1) is 16.4. The maximum Gasteiger partial charge on any atom is 0.416 e. The molecular formula is C23H21F6N3O2S. The largest absolute Gasteiger partial charge is 0.416 e. The number of ether oxygens (including phenoxy) is 1. The molecule has 0 saturated carbocycles. The van der Waals surface area contributed by atoms with E-state index >= 15 is 0 Å². The number of nitrogens with zero attached hydrogens (tertiary/aromatic N) is 3. The van der Waals surface area contributed by atoms with Gasteiger partial charge in [-0.25, -0.2) is 4.98 Å². The van der Waals surface area contributed by atoms with E-state index in [4.69, 9.17) is 4.74 Å². The lowest BCUT2D eigenvalue weighted by atomic mass is 10.0. The summed E-state index contributed by atoms with van der Waals surface area (Å²) in [5.41, 5.74) is -2.25. The van der Waals surface area contributed by atoms with Crippen LogP contribution in [0, 0.1) is 6.92 Å². The molecule has 0 unspecified atom stereocenters. The topological polar surface area (TPSA) is 45.7 Å². The Morgan fingerprint density at radius 2 is 1.66 bits per heavy atom. The lowest BCUT2D eigenvalue weighted by molar-refractivity contribution is -0.143. The minimum absolute atomic E-state index is 0.00924. The fraction of sp³-hybridized carbons (Fsp3) is 0.391. The summed E-state index contributed by atoms with van der Waals surface area (Å²) in [6.07, 6.45) is -10.1. The fourth-order valence-electron chi connectivity index (χ4n) is 3.72. The normalized spacial score (nSPS) is 15.5. The van der Waals surface area contributed by atoms with E-state index in [-0.39, 0.29) is 17.7 Å². The molecule has 4 rings (SSSR count). The fourth-order valence-corrected chi connectivity index (χ4v) is 4.81. The van der Waals surface area contributed by atoms with Crippen molar-refractivity contribution in [2.45, 2.75) is 19.3 Å². The second-order valence-corrected chi connectivity index (χ2v) is 9.18. The highest BCUT2D eigenvalue weighted by Crippen LogP contribution is 2.37. The molecule has 3 aromatic rings. The van der Waals surface area contributed by atoms with Crippen LogP contribution in [0.3, 0.4) is 0 Å². The lowest BCUT2D eigenvalue weighted by Gasteiger charge is -2.29. The summed E-state index contributed by atoms with van der Waals surface area (Å²) in [6.45, 7) is 4.46. The predicted octanol–water partition coefficient (Wildman–Crippen LogP) is 5.62. The Kier molecular flexibility index (Phi) is 7.07. The summed E-state index contributed by atoms with van der Waals surface area (Å²) in [6, 6.07) is 6.35. The number of amides is 1. The van der Waals surface area contributed by atoms with Gasteiger partial charge in [0, 0.05) is 31.7 Å². The van der Waals surface area contributed by atoms with Crippen molar-refractivity contribution < 1.29 is 35.9 Å². The van der Waals surface area contributed by atoms with Crippen LogP contribution >= 0.6 is 11.3 Å². The van der Waals surface area contributed by atoms with E-state index in [1.807, 2.05) is 24.0 Å². The van der Waals surface area contributed by atoms with Crippen molar-refractivity contribution >= 4 is 32.6 Å². The quantitative estimate of drug-likeness (QED) is 0.412. The van der Waals surface area contributed by atoms with Gasteiger partial charge >= 0.3 is 12.4 Å². The van der Waals surface area contributed by atoms with Crippen molar-refractivity contribution in [1.29, 1.82) is 0 Å². The minimum Gasteiger partial charge on any atom is -0.379 e. The Hall–Kier alpha value is -2.70. The van der Waals surface area contributed by atoms with Crippen LogP contribution in [0.1, 0.15) is 27.0 Å². The molecule has 188 valence electrons. The maximum atomic E-state index is 13.4. The molecule has 2 aromatic carbocycles. The Balaban J connectivity index is 1.74. The summed E-state index contributed by atoms with van der Waals surface area (Å²) in [4.78, 5) is 21.0. The molecule has 2 heterocycles. The van der Waals surface area contributed by atoms with Gasteiger partial charge < -0.3 is 4.74 Å². The van der Waals surface area contributed by atoms with E-state index in [1.165, 1.54) is 0 Å². The molecular weight excluding hydrogens is 496 g/mol. The van der Waals surface area contributed by atoms with Gasteiger partial charge in [0.05, 0.1) is 34.6 Å². The first kappa shape index (κ1) is 25.4. The SMILES string of the molecule is Cc1ccc2nc(N(CCN3CCOCC3)C(=O)c3cc(C(F)(F)F)cc(C(F)(F)F)c3)sc2c1. The molecule has 1 aromatic heterocycles. The summed E-state index contributed by atoms with van der Waals surface area (Å²) >= 11 is 1.15. The lowest BCUT2D eigenvalue weighted by Crippen LogP contribution is -2.43. The molecule has 0 spiro atoms. The number of carbonyl (C=O) groups excluding carboxylic acids is 1. The van der Waals surface area contributed by atoms with Gasteiger partial charge in [0.1, 0.15) is 0 Å². The number of anilines is 1. The third-order valence-electron chi connectivity index (χ3n) is 5.59. The number of aryl methyl sites for hydroxylation is 1. The second kappa shape index (κ2) is 9.75. The summed E-state index contributed by atoms with van der Waals surface area (Å²) < 4.78 is 86.3. The molecule has 0 atom stereocenters. The van der Waals surface area contributed by atoms with Crippen LogP contribution in [0.15, 0.2) is 36.4 Å². The number of alkyl halides is 6. The third-order valence-corrected chi connectivity index (χ3v) is 6.63. The van der Waals surface area contributed by atoms with Crippen molar-refractivity contribution in [1.82, 2.24) is 9.88 Å². The highest BCUT2D eigenvalue weighted by molar-refractivity contribution is 7.22. The molecule has 0 radical (unpaired) electrons. The number of carbonyl (C=O) groups is 1. The number of fused-ring (bicyclic) bond motifs is 1. The number of rotatable bonds is 5. The molecule has 5 nitrogen and oxygen atoms in total. The van der Waals surface area contributed by atoms with Crippen molar-refractivity contribution in [3.63, 3.8) is 0 Å². The van der Waals surface area contributed by atoms with Crippen LogP contribution in [0.25, 0.3) is 10.2 Å². The van der Waals surface area contributed by atoms with Crippen molar-refractivity contribution in [2.24, 2.45) is 0 Å². The Morgan fingerprint density at radius 3 is 2.26 bits per heavy atom. The number of morpholine rings is 1. The number of thiazole rings is 1. The number of halogens is 6. The van der Waals surface area contributed by atoms with E-state index < -0.39 is 35.0 Å². The Morgan fingerprint density at radius 1 is 1.03 bits per heavy atom. The third kappa shape index (κ3) is 5.93. The van der Waals surface area contributed by atoms with E-state index in [1.54, 1.807) is 6.07 Å². The highest BCUT2D eigenvalue weighted by Gasteiger charge is 2.38. The molecule has 0 aliphatic carbocycles. The van der Waals surface area contributed by atoms with E-state index in [9.17, 15) is 31.1 Å². The van der Waals surface area contributed by atoms with Gasteiger partial charge in [-0.2, -0.15) is 26.3 Å². The van der Waals surface area contributed by atoms with Crippen LogP contribution < -0.4 is 4.90 Å². The van der Waals surface area contributed by atoms with Crippen molar-refractivity contribution in [3.05, 3.63) is 58.7 Å². The standard InChI is InChI=1S/C23H21F6N3O2S/c1-14-2-3-18-19(10-14)35-21(30-18)32(5-4-31-6-8-34-9-7-31)20(33)15-11-16(22(24,25)26)13-17(12-15)23(27,28)29/h2-3,10-13H,4-9H2,1H3. The average molecular weight is 517 g/mol. The number of aromatic nitrogens is 1. The van der Waals surface area contributed by atoms with E-state index in [0.717, 1.165) is 26.5 Å². The molecule has 1 amide bonds. The molecule has 1 aliphatic rings. The van der Waals surface area contributed by atoms with Gasteiger partial charge in [-0.1, -0.05) is 17.4 Å². The zero-order valence-electron chi connectivity index (χ0n) is 18.5. The van der Waals surface area contributed by atoms with Gasteiger partial charge in [-0.15, -0.1) is 0 Å². The van der Waals surface area contributed by atoms with Crippen LogP contribution in [0.2, 0.25) is 0 Å². The molecule has 0 bridgehead atoms. The summed E-state index contributed by atoms with van der Waals surface area (Å²) in [5, 5.41) is 0.204. The second-order valence-electron chi connectivity index (χ2n) is 8.17. The smallest absolute Gasteiger partial charge is 0.379 e. The van der Waals surface area contributed by atoms with Crippen molar-refractivity contribution in [2.75, 3.05) is 44.3 Å². The summed E-state index contributed by atoms with van der Waals surface area (Å²) in [5.74, 6) is -0.981. The number of benzene rings is 2. The Labute approximate surface area is 200 Å². The van der Waals surface area contributed by atoms with Gasteiger partial charge in [0.25, 0.3) is 5.91 Å². The molecule has 35 heavy (non-hydrogen) atoms. The van der Waals surface area contributed by atoms with Gasteiger partial charge in [0.15, 0.2) is 5.13 Å². The van der Waals surface area contributed by atoms with Crippen LogP contribution in [-0.4, -0.2) is 55.2 Å². The number of hydrogen-bond donors (Lipinski definition) is 0. The Bertz CT molecular complexity index is 1190. The van der Waals surface area contributed by atoms with Crippen LogP contribution in [-0.2, 0) is 17.1 Å². The molecule has 12 heteroatoms. The van der Waals surface area contributed by atoms with Crippen molar-refractivity contribution in [3.8, 4) is 0 Å². The van der Waals surface area contributed by atoms with E-state index in [2.05, 4.69) is 4.98 Å². The zero-order valence-corrected chi connectivity index (χ0v) is 19.4. The zero-order chi connectivity index (χ0) is 25.4. The van der Waals surface area contributed by atoms with Gasteiger partial charge in [-0.3, -0.25) is 14.6 Å². The van der Waals surface area contributed by atoms with Gasteiger partial charge in [-0.05, 0) is 42.8 Å². The average Bonchev–Trinajstić information content (AvgIpc) is 3.21. The van der Waals surface area contributed by atoms with Crippen LogP contribution in [0.4, 0.5) is 31.5 Å². The van der Waals surface area contributed by atoms with Gasteiger partial charge in [0.2, 0.25) is 0 Å². The monoisotopic (exact) mass is 517 g/mol. The molecule has 1 saturated heterocycles. The maximum absolute atomic E-state index is 13.4. The number of hydrogen-bond acceptors (Lipinski definition) is 5. The first-order valence-electron chi connectivity index (χ1n) is 10.7. The molecule has 1 aliphatic heterocycles. The predicted molar refractivity (Wildman–Crippen MR) is 120 cm³/mol. The molecule has 1 fully saturated rings. The minimum atomic E-state index is -5.05. The van der Waals surface area contributed by atoms with E-state index in [0.29, 0.717) is 50.5 Å².